The zero-order valence-electron chi connectivity index (χ0n) is 11.7. The fraction of sp³-hybridized carbons (Fsp3) is 0.188. The summed E-state index contributed by atoms with van der Waals surface area (Å²) >= 11 is 0. The fourth-order valence-electron chi connectivity index (χ4n) is 2.23. The van der Waals surface area contributed by atoms with Gasteiger partial charge >= 0.3 is 0 Å². The molecule has 0 N–H and O–H groups in total. The molecule has 0 unspecified atom stereocenters. The largest absolute Gasteiger partial charge is 0.497 e. The molecule has 3 aromatic rings. The van der Waals surface area contributed by atoms with Gasteiger partial charge in [0, 0.05) is 24.3 Å². The molecule has 0 aliphatic rings. The Labute approximate surface area is 121 Å². The van der Waals surface area contributed by atoms with E-state index in [4.69, 9.17) is 4.74 Å². The van der Waals surface area contributed by atoms with Crippen molar-refractivity contribution in [3.8, 4) is 5.75 Å². The first kappa shape index (κ1) is 13.3. The van der Waals surface area contributed by atoms with Gasteiger partial charge in [-0.25, -0.2) is 4.68 Å². The van der Waals surface area contributed by atoms with E-state index < -0.39 is 0 Å². The number of hydrogen-bond acceptors (Lipinski definition) is 4. The lowest BCUT2D eigenvalue weighted by atomic mass is 10.2. The van der Waals surface area contributed by atoms with Crippen molar-refractivity contribution in [3.05, 3.63) is 64.8 Å². The van der Waals surface area contributed by atoms with Crippen LogP contribution in [-0.2, 0) is 13.0 Å². The average molecular weight is 281 g/mol. The molecular weight excluding hydrogens is 266 g/mol. The van der Waals surface area contributed by atoms with Gasteiger partial charge in [0.1, 0.15) is 5.75 Å². The summed E-state index contributed by atoms with van der Waals surface area (Å²) < 4.78 is 6.66. The van der Waals surface area contributed by atoms with Gasteiger partial charge in [-0.1, -0.05) is 0 Å². The zero-order chi connectivity index (χ0) is 14.7. The molecule has 21 heavy (non-hydrogen) atoms. The molecule has 1 aromatic carbocycles. The molecule has 0 saturated heterocycles. The van der Waals surface area contributed by atoms with E-state index >= 15 is 0 Å². The molecule has 0 spiro atoms. The van der Waals surface area contributed by atoms with Gasteiger partial charge in [0.05, 0.1) is 18.7 Å². The number of aryl methyl sites for hydroxylation is 2. The van der Waals surface area contributed by atoms with Crippen molar-refractivity contribution in [1.29, 1.82) is 0 Å². The SMILES string of the molecule is COc1ccc2cnn(CCc3ccncc3)c(=O)c2c1. The van der Waals surface area contributed by atoms with Crippen LogP contribution in [0.4, 0.5) is 0 Å². The Kier molecular flexibility index (Phi) is 3.64. The highest BCUT2D eigenvalue weighted by atomic mass is 16.5. The Morgan fingerprint density at radius 1 is 1.19 bits per heavy atom. The Bertz CT molecular complexity index is 813. The molecule has 0 aliphatic carbocycles. The van der Waals surface area contributed by atoms with Crippen LogP contribution in [0.3, 0.4) is 0 Å². The third kappa shape index (κ3) is 2.76. The number of pyridine rings is 1. The Morgan fingerprint density at radius 3 is 2.76 bits per heavy atom. The Balaban J connectivity index is 1.92. The van der Waals surface area contributed by atoms with Gasteiger partial charge < -0.3 is 4.74 Å². The van der Waals surface area contributed by atoms with Crippen LogP contribution in [-0.4, -0.2) is 21.9 Å². The minimum atomic E-state index is -0.0968. The molecule has 106 valence electrons. The molecule has 2 aromatic heterocycles. The third-order valence-electron chi connectivity index (χ3n) is 3.42. The van der Waals surface area contributed by atoms with Crippen LogP contribution in [0, 0.1) is 0 Å². The number of methoxy groups -OCH3 is 1. The second-order valence-electron chi connectivity index (χ2n) is 4.73. The lowest BCUT2D eigenvalue weighted by Gasteiger charge is -2.07. The minimum absolute atomic E-state index is 0.0968. The highest BCUT2D eigenvalue weighted by Gasteiger charge is 2.05. The molecule has 0 radical (unpaired) electrons. The number of nitrogens with zero attached hydrogens (tertiary/aromatic N) is 3. The van der Waals surface area contributed by atoms with Gasteiger partial charge in [-0.3, -0.25) is 9.78 Å². The smallest absolute Gasteiger partial charge is 0.274 e. The van der Waals surface area contributed by atoms with Crippen molar-refractivity contribution in [2.24, 2.45) is 0 Å². The monoisotopic (exact) mass is 281 g/mol. The number of rotatable bonds is 4. The van der Waals surface area contributed by atoms with Crippen molar-refractivity contribution < 1.29 is 4.74 Å². The van der Waals surface area contributed by atoms with E-state index in [-0.39, 0.29) is 5.56 Å². The number of benzene rings is 1. The maximum absolute atomic E-state index is 12.5. The summed E-state index contributed by atoms with van der Waals surface area (Å²) in [5, 5.41) is 5.67. The van der Waals surface area contributed by atoms with Gasteiger partial charge in [-0.15, -0.1) is 0 Å². The van der Waals surface area contributed by atoms with E-state index in [9.17, 15) is 4.79 Å². The summed E-state index contributed by atoms with van der Waals surface area (Å²) in [7, 11) is 1.59. The van der Waals surface area contributed by atoms with Crippen molar-refractivity contribution in [3.63, 3.8) is 0 Å². The van der Waals surface area contributed by atoms with E-state index in [0.717, 1.165) is 17.4 Å². The van der Waals surface area contributed by atoms with E-state index in [1.165, 1.54) is 4.68 Å². The normalized spacial score (nSPS) is 10.7. The van der Waals surface area contributed by atoms with Gasteiger partial charge in [0.15, 0.2) is 0 Å². The minimum Gasteiger partial charge on any atom is -0.497 e. The zero-order valence-corrected chi connectivity index (χ0v) is 11.7. The topological polar surface area (TPSA) is 57.0 Å². The molecular formula is C16H15N3O2. The second kappa shape index (κ2) is 5.75. The van der Waals surface area contributed by atoms with E-state index in [1.54, 1.807) is 31.8 Å². The van der Waals surface area contributed by atoms with Gasteiger partial charge in [0.25, 0.3) is 5.56 Å². The molecule has 0 atom stereocenters. The van der Waals surface area contributed by atoms with Gasteiger partial charge in [-0.05, 0) is 42.3 Å². The number of fused-ring (bicyclic) bond motifs is 1. The van der Waals surface area contributed by atoms with Gasteiger partial charge in [0.2, 0.25) is 0 Å². The first-order valence-electron chi connectivity index (χ1n) is 6.71. The summed E-state index contributed by atoms with van der Waals surface area (Å²) in [5.74, 6) is 0.673. The van der Waals surface area contributed by atoms with E-state index in [2.05, 4.69) is 10.1 Å². The molecule has 0 amide bonds. The predicted octanol–water partition coefficient (Wildman–Crippen LogP) is 2.04. The average Bonchev–Trinajstić information content (AvgIpc) is 2.55. The van der Waals surface area contributed by atoms with Crippen LogP contribution >= 0.6 is 0 Å². The Morgan fingerprint density at radius 2 is 2.00 bits per heavy atom. The highest BCUT2D eigenvalue weighted by Crippen LogP contribution is 2.16. The van der Waals surface area contributed by atoms with Crippen LogP contribution in [0.1, 0.15) is 5.56 Å². The molecule has 0 bridgehead atoms. The standard InChI is InChI=1S/C16H15N3O2/c1-21-14-3-2-13-11-18-19(16(20)15(13)10-14)9-6-12-4-7-17-8-5-12/h2-5,7-8,10-11H,6,9H2,1H3. The molecule has 0 saturated carbocycles. The third-order valence-corrected chi connectivity index (χ3v) is 3.42. The van der Waals surface area contributed by atoms with E-state index in [0.29, 0.717) is 17.7 Å². The molecule has 2 heterocycles. The van der Waals surface area contributed by atoms with E-state index in [1.807, 2.05) is 24.3 Å². The second-order valence-corrected chi connectivity index (χ2v) is 4.73. The number of hydrogen-bond donors (Lipinski definition) is 0. The van der Waals surface area contributed by atoms with Crippen LogP contribution in [0.2, 0.25) is 0 Å². The quantitative estimate of drug-likeness (QED) is 0.734. The maximum Gasteiger partial charge on any atom is 0.274 e. The van der Waals surface area contributed by atoms with Crippen LogP contribution < -0.4 is 10.3 Å². The highest BCUT2D eigenvalue weighted by molar-refractivity contribution is 5.82. The first-order chi connectivity index (χ1) is 10.3. The van der Waals surface area contributed by atoms with Crippen molar-refractivity contribution in [1.82, 2.24) is 14.8 Å². The molecule has 5 nitrogen and oxygen atoms in total. The molecule has 5 heteroatoms. The summed E-state index contributed by atoms with van der Waals surface area (Å²) in [4.78, 5) is 16.4. The van der Waals surface area contributed by atoms with Crippen LogP contribution in [0.25, 0.3) is 10.8 Å². The molecule has 0 aliphatic heterocycles. The maximum atomic E-state index is 12.5. The summed E-state index contributed by atoms with van der Waals surface area (Å²) in [6, 6.07) is 9.30. The number of ether oxygens (including phenoxy) is 1. The fourth-order valence-corrected chi connectivity index (χ4v) is 2.23. The molecule has 3 rings (SSSR count). The van der Waals surface area contributed by atoms with Crippen molar-refractivity contribution in [2.45, 2.75) is 13.0 Å². The van der Waals surface area contributed by atoms with Crippen molar-refractivity contribution >= 4 is 10.8 Å². The van der Waals surface area contributed by atoms with Crippen molar-refractivity contribution in [2.75, 3.05) is 7.11 Å². The lowest BCUT2D eigenvalue weighted by molar-refractivity contribution is 0.415. The summed E-state index contributed by atoms with van der Waals surface area (Å²) in [6.07, 6.45) is 5.95. The number of aromatic nitrogens is 3. The summed E-state index contributed by atoms with van der Waals surface area (Å²) in [6.45, 7) is 0.538. The summed E-state index contributed by atoms with van der Waals surface area (Å²) in [5.41, 5.74) is 1.03. The van der Waals surface area contributed by atoms with Crippen LogP contribution in [0.5, 0.6) is 5.75 Å². The predicted molar refractivity (Wildman–Crippen MR) is 80.5 cm³/mol. The van der Waals surface area contributed by atoms with Crippen LogP contribution in [0.15, 0.2) is 53.7 Å². The Hall–Kier alpha value is -2.69. The first-order valence-corrected chi connectivity index (χ1v) is 6.71. The lowest BCUT2D eigenvalue weighted by Crippen LogP contribution is -2.23. The van der Waals surface area contributed by atoms with Gasteiger partial charge in [-0.2, -0.15) is 5.10 Å². The molecule has 0 fully saturated rings.